The normalized spacial score (nSPS) is 18.9. The molecule has 0 saturated carbocycles. The molecular weight excluding hydrogens is 360 g/mol. The molecule has 1 N–H and O–H groups in total. The van der Waals surface area contributed by atoms with Crippen LogP contribution >= 0.6 is 11.8 Å². The molecule has 0 spiro atoms. The fraction of sp³-hybridized carbons (Fsp3) is 0.167. The van der Waals surface area contributed by atoms with Crippen LogP contribution in [0.1, 0.15) is 6.42 Å². The minimum atomic E-state index is -0.684. The van der Waals surface area contributed by atoms with Crippen LogP contribution in [0.25, 0.3) is 0 Å². The molecule has 2 aromatic rings. The lowest BCUT2D eigenvalue weighted by molar-refractivity contribution is -0.128. The van der Waals surface area contributed by atoms with Gasteiger partial charge < -0.3 is 5.32 Å². The molecule has 8 heteroatoms. The van der Waals surface area contributed by atoms with Gasteiger partial charge in [-0.1, -0.05) is 17.8 Å². The minimum Gasteiger partial charge on any atom is -0.325 e. The maximum atomic E-state index is 13.3. The van der Waals surface area contributed by atoms with E-state index in [4.69, 9.17) is 0 Å². The van der Waals surface area contributed by atoms with E-state index in [1.165, 1.54) is 47.4 Å². The molecule has 1 heterocycles. The molecule has 2 amide bonds. The number of amides is 2. The van der Waals surface area contributed by atoms with Crippen LogP contribution in [0.5, 0.6) is 0 Å². The van der Waals surface area contributed by atoms with Crippen molar-refractivity contribution in [3.8, 4) is 0 Å². The first-order valence-corrected chi connectivity index (χ1v) is 8.64. The number of hydrogen-bond acceptors (Lipinski definition) is 4. The molecule has 1 fully saturated rings. The van der Waals surface area contributed by atoms with Gasteiger partial charge in [0.15, 0.2) is 5.17 Å². The second-order valence-electron chi connectivity index (χ2n) is 5.63. The van der Waals surface area contributed by atoms with Gasteiger partial charge >= 0.3 is 0 Å². The number of nitrogens with zero attached hydrogens (tertiary/aromatic N) is 2. The smallest absolute Gasteiger partial charge is 0.238 e. The number of carbonyl (C=O) groups excluding carboxylic acids is 2. The van der Waals surface area contributed by atoms with Crippen molar-refractivity contribution < 1.29 is 18.4 Å². The van der Waals surface area contributed by atoms with Gasteiger partial charge in [-0.3, -0.25) is 14.5 Å². The Morgan fingerprint density at radius 1 is 1.19 bits per heavy atom. The summed E-state index contributed by atoms with van der Waals surface area (Å²) in [5.74, 6) is -1.49. The van der Waals surface area contributed by atoms with Crippen LogP contribution in [0.15, 0.2) is 53.5 Å². The van der Waals surface area contributed by atoms with Gasteiger partial charge in [-0.15, -0.1) is 0 Å². The van der Waals surface area contributed by atoms with Crippen LogP contribution in [0, 0.1) is 11.6 Å². The van der Waals surface area contributed by atoms with Crippen molar-refractivity contribution in [2.75, 3.05) is 12.4 Å². The second kappa shape index (κ2) is 7.65. The van der Waals surface area contributed by atoms with E-state index in [2.05, 4.69) is 10.3 Å². The standard InChI is InChI=1S/C18H15F2N3O2S/c1-23-16(24)10-15(17(25)21-13-7-5-11(19)6-8-13)26-18(23)22-14-4-2-3-12(20)9-14/h2-9,15H,10H2,1H3,(H,21,25)/t15-/m1/s1. The fourth-order valence-electron chi connectivity index (χ4n) is 2.31. The highest BCUT2D eigenvalue weighted by Crippen LogP contribution is 2.29. The summed E-state index contributed by atoms with van der Waals surface area (Å²) in [4.78, 5) is 30.3. The van der Waals surface area contributed by atoms with Crippen LogP contribution in [0.4, 0.5) is 20.2 Å². The van der Waals surface area contributed by atoms with E-state index in [-0.39, 0.29) is 18.2 Å². The molecule has 26 heavy (non-hydrogen) atoms. The quantitative estimate of drug-likeness (QED) is 0.892. The maximum Gasteiger partial charge on any atom is 0.238 e. The van der Waals surface area contributed by atoms with Crippen LogP contribution in [-0.4, -0.2) is 34.2 Å². The SMILES string of the molecule is CN1C(=O)C[C@H](C(=O)Nc2ccc(F)cc2)SC1=Nc1cccc(F)c1. The van der Waals surface area contributed by atoms with Gasteiger partial charge in [0, 0.05) is 19.2 Å². The van der Waals surface area contributed by atoms with E-state index in [1.807, 2.05) is 0 Å². The number of thioether (sulfide) groups is 1. The third-order valence-corrected chi connectivity index (χ3v) is 4.95. The van der Waals surface area contributed by atoms with Gasteiger partial charge in [-0.2, -0.15) is 0 Å². The summed E-state index contributed by atoms with van der Waals surface area (Å²) < 4.78 is 26.3. The van der Waals surface area contributed by atoms with Gasteiger partial charge in [0.2, 0.25) is 11.8 Å². The Balaban J connectivity index is 1.77. The van der Waals surface area contributed by atoms with Gasteiger partial charge in [0.05, 0.1) is 5.69 Å². The average Bonchev–Trinajstić information content (AvgIpc) is 2.60. The number of anilines is 1. The summed E-state index contributed by atoms with van der Waals surface area (Å²) in [5, 5.41) is 2.28. The first kappa shape index (κ1) is 18.1. The highest BCUT2D eigenvalue weighted by atomic mass is 32.2. The van der Waals surface area contributed by atoms with Gasteiger partial charge in [0.25, 0.3) is 0 Å². The molecule has 134 valence electrons. The highest BCUT2D eigenvalue weighted by molar-refractivity contribution is 8.15. The van der Waals surface area contributed by atoms with Crippen molar-refractivity contribution >= 4 is 40.1 Å². The lowest BCUT2D eigenvalue weighted by atomic mass is 10.2. The lowest BCUT2D eigenvalue weighted by Gasteiger charge is -2.28. The number of aliphatic imine (C=N–C) groups is 1. The topological polar surface area (TPSA) is 61.8 Å². The van der Waals surface area contributed by atoms with E-state index in [0.29, 0.717) is 16.5 Å². The molecule has 0 bridgehead atoms. The van der Waals surface area contributed by atoms with Gasteiger partial charge in [-0.25, -0.2) is 13.8 Å². The number of hydrogen-bond donors (Lipinski definition) is 1. The third kappa shape index (κ3) is 4.26. The molecule has 3 rings (SSSR count). The largest absolute Gasteiger partial charge is 0.325 e. The number of benzene rings is 2. The molecule has 0 radical (unpaired) electrons. The summed E-state index contributed by atoms with van der Waals surface area (Å²) in [6, 6.07) is 11.0. The van der Waals surface area contributed by atoms with Crippen molar-refractivity contribution in [1.82, 2.24) is 4.90 Å². The Labute approximate surface area is 153 Å². The van der Waals surface area contributed by atoms with E-state index in [1.54, 1.807) is 13.1 Å². The predicted molar refractivity (Wildman–Crippen MR) is 97.3 cm³/mol. The second-order valence-corrected chi connectivity index (χ2v) is 6.80. The Morgan fingerprint density at radius 3 is 2.62 bits per heavy atom. The zero-order valence-corrected chi connectivity index (χ0v) is 14.6. The minimum absolute atomic E-state index is 0.0103. The zero-order chi connectivity index (χ0) is 18.7. The Hall–Kier alpha value is -2.74. The van der Waals surface area contributed by atoms with Crippen LogP contribution in [0.3, 0.4) is 0 Å². The molecular formula is C18H15F2N3O2S. The highest BCUT2D eigenvalue weighted by Gasteiger charge is 2.34. The van der Waals surface area contributed by atoms with E-state index in [0.717, 1.165) is 11.8 Å². The number of halogens is 2. The number of carbonyl (C=O) groups is 2. The molecule has 1 aliphatic rings. The van der Waals surface area contributed by atoms with Crippen molar-refractivity contribution in [3.05, 3.63) is 60.2 Å². The van der Waals surface area contributed by atoms with Crippen LogP contribution < -0.4 is 5.32 Å². The Morgan fingerprint density at radius 2 is 1.92 bits per heavy atom. The number of nitrogens with one attached hydrogen (secondary N) is 1. The van der Waals surface area contributed by atoms with E-state index in [9.17, 15) is 18.4 Å². The number of amidine groups is 1. The molecule has 0 aliphatic carbocycles. The zero-order valence-electron chi connectivity index (χ0n) is 13.8. The number of rotatable bonds is 3. The van der Waals surface area contributed by atoms with E-state index >= 15 is 0 Å². The summed E-state index contributed by atoms with van der Waals surface area (Å²) >= 11 is 1.12. The first-order chi connectivity index (χ1) is 12.4. The molecule has 1 saturated heterocycles. The molecule has 0 aromatic heterocycles. The average molecular weight is 375 g/mol. The maximum absolute atomic E-state index is 13.3. The van der Waals surface area contributed by atoms with Crippen molar-refractivity contribution in [1.29, 1.82) is 0 Å². The summed E-state index contributed by atoms with van der Waals surface area (Å²) in [7, 11) is 1.56. The summed E-state index contributed by atoms with van der Waals surface area (Å²) in [5.41, 5.74) is 0.790. The van der Waals surface area contributed by atoms with Crippen LogP contribution in [-0.2, 0) is 9.59 Å². The molecule has 0 unspecified atom stereocenters. The van der Waals surface area contributed by atoms with Gasteiger partial charge in [0.1, 0.15) is 16.9 Å². The van der Waals surface area contributed by atoms with Crippen molar-refractivity contribution in [2.24, 2.45) is 4.99 Å². The van der Waals surface area contributed by atoms with E-state index < -0.39 is 16.9 Å². The summed E-state index contributed by atoms with van der Waals surface area (Å²) in [6.45, 7) is 0. The summed E-state index contributed by atoms with van der Waals surface area (Å²) in [6.07, 6.45) is 0.0103. The van der Waals surface area contributed by atoms with Gasteiger partial charge in [-0.05, 0) is 42.5 Å². The molecule has 5 nitrogen and oxygen atoms in total. The predicted octanol–water partition coefficient (Wildman–Crippen LogP) is 3.55. The monoisotopic (exact) mass is 375 g/mol. The Kier molecular flexibility index (Phi) is 5.32. The van der Waals surface area contributed by atoms with Crippen molar-refractivity contribution in [3.63, 3.8) is 0 Å². The van der Waals surface area contributed by atoms with Crippen LogP contribution in [0.2, 0.25) is 0 Å². The lowest BCUT2D eigenvalue weighted by Crippen LogP contribution is -2.43. The third-order valence-electron chi connectivity index (χ3n) is 3.71. The molecule has 2 aromatic carbocycles. The molecule has 1 aliphatic heterocycles. The molecule has 1 atom stereocenters. The fourth-order valence-corrected chi connectivity index (χ4v) is 3.37. The first-order valence-electron chi connectivity index (χ1n) is 7.76. The van der Waals surface area contributed by atoms with Crippen molar-refractivity contribution in [2.45, 2.75) is 11.7 Å². The Bertz CT molecular complexity index is 871.